The number of carboxylic acid groups (broad SMARTS) is 1. The Balaban J connectivity index is 3.28. The quantitative estimate of drug-likeness (QED) is 0.872. The fraction of sp³-hybridized carbons (Fsp3) is 0.417. The first-order chi connectivity index (χ1) is 7.86. The minimum absolute atomic E-state index is 0.0443. The maximum Gasteiger partial charge on any atom is 0.307 e. The van der Waals surface area contributed by atoms with Crippen LogP contribution in [0.15, 0.2) is 23.1 Å². The lowest BCUT2D eigenvalue weighted by molar-refractivity contribution is -0.136. The highest BCUT2D eigenvalue weighted by Gasteiger charge is 2.19. The lowest BCUT2D eigenvalue weighted by Crippen LogP contribution is -2.11. The number of hydrogen-bond acceptors (Lipinski definition) is 3. The van der Waals surface area contributed by atoms with E-state index >= 15 is 0 Å². The lowest BCUT2D eigenvalue weighted by atomic mass is 10.1. The van der Waals surface area contributed by atoms with Crippen LogP contribution in [0.4, 0.5) is 0 Å². The highest BCUT2D eigenvalue weighted by Crippen LogP contribution is 2.20. The molecule has 1 rings (SSSR count). The minimum Gasteiger partial charge on any atom is -0.481 e. The molecule has 1 aromatic carbocycles. The Hall–Kier alpha value is -1.36. The molecule has 0 spiro atoms. The summed E-state index contributed by atoms with van der Waals surface area (Å²) in [5.74, 6) is -0.980. The zero-order chi connectivity index (χ0) is 13.1. The maximum absolute atomic E-state index is 12.0. The molecule has 0 bridgehead atoms. The van der Waals surface area contributed by atoms with Gasteiger partial charge in [0.1, 0.15) is 0 Å². The van der Waals surface area contributed by atoms with Crippen LogP contribution in [0.2, 0.25) is 0 Å². The van der Waals surface area contributed by atoms with Gasteiger partial charge in [0, 0.05) is 0 Å². The van der Waals surface area contributed by atoms with Crippen molar-refractivity contribution in [2.45, 2.75) is 31.6 Å². The molecule has 0 saturated heterocycles. The Kier molecular flexibility index (Phi) is 4.28. The molecule has 0 heterocycles. The first-order valence-electron chi connectivity index (χ1n) is 5.41. The van der Waals surface area contributed by atoms with Gasteiger partial charge in [-0.15, -0.1) is 0 Å². The first kappa shape index (κ1) is 13.7. The van der Waals surface area contributed by atoms with Gasteiger partial charge in [-0.25, -0.2) is 8.42 Å². The summed E-state index contributed by atoms with van der Waals surface area (Å²) in [6.45, 7) is 3.59. The summed E-state index contributed by atoms with van der Waals surface area (Å²) in [6.07, 6.45) is 0.253. The van der Waals surface area contributed by atoms with E-state index in [4.69, 9.17) is 5.11 Å². The second-order valence-electron chi connectivity index (χ2n) is 4.00. The third-order valence-corrected chi connectivity index (χ3v) is 4.38. The number of aryl methyl sites for hydroxylation is 1. The second-order valence-corrected chi connectivity index (χ2v) is 6.08. The monoisotopic (exact) mass is 256 g/mol. The molecule has 0 atom stereocenters. The molecule has 0 aliphatic rings. The second kappa shape index (κ2) is 5.31. The SMILES string of the molecule is CCCS(=O)(=O)c1ccc(C)cc1CC(=O)O. The predicted molar refractivity (Wildman–Crippen MR) is 64.9 cm³/mol. The standard InChI is InChI=1S/C12H16O4S/c1-3-6-17(15,16)11-5-4-9(2)7-10(11)8-12(13)14/h4-5,7H,3,6,8H2,1-2H3,(H,13,14). The van der Waals surface area contributed by atoms with E-state index in [9.17, 15) is 13.2 Å². The van der Waals surface area contributed by atoms with Crippen molar-refractivity contribution in [3.05, 3.63) is 29.3 Å². The fourth-order valence-corrected chi connectivity index (χ4v) is 3.25. The van der Waals surface area contributed by atoms with Crippen molar-refractivity contribution in [2.24, 2.45) is 0 Å². The van der Waals surface area contributed by atoms with E-state index in [1.54, 1.807) is 19.1 Å². The first-order valence-corrected chi connectivity index (χ1v) is 7.06. The van der Waals surface area contributed by atoms with Crippen LogP contribution in [0, 0.1) is 6.92 Å². The molecule has 4 nitrogen and oxygen atoms in total. The number of carboxylic acids is 1. The van der Waals surface area contributed by atoms with E-state index in [2.05, 4.69) is 0 Å². The molecule has 0 aliphatic heterocycles. The molecule has 94 valence electrons. The summed E-state index contributed by atoms with van der Waals surface area (Å²) >= 11 is 0. The van der Waals surface area contributed by atoms with Crippen LogP contribution >= 0.6 is 0 Å². The number of rotatable bonds is 5. The van der Waals surface area contributed by atoms with Gasteiger partial charge < -0.3 is 5.11 Å². The van der Waals surface area contributed by atoms with Crippen molar-refractivity contribution in [2.75, 3.05) is 5.75 Å². The van der Waals surface area contributed by atoms with Crippen molar-refractivity contribution >= 4 is 15.8 Å². The number of carbonyl (C=O) groups is 1. The molecule has 0 fully saturated rings. The van der Waals surface area contributed by atoms with Crippen LogP contribution in [-0.4, -0.2) is 25.2 Å². The molecule has 0 saturated carbocycles. The van der Waals surface area contributed by atoms with E-state index in [1.165, 1.54) is 6.07 Å². The third-order valence-electron chi connectivity index (χ3n) is 2.37. The van der Waals surface area contributed by atoms with Gasteiger partial charge in [0.15, 0.2) is 9.84 Å². The predicted octanol–water partition coefficient (Wildman–Crippen LogP) is 1.81. The van der Waals surface area contributed by atoms with Gasteiger partial charge in [0.2, 0.25) is 0 Å². The van der Waals surface area contributed by atoms with Crippen molar-refractivity contribution < 1.29 is 18.3 Å². The Morgan fingerprint density at radius 1 is 1.35 bits per heavy atom. The summed E-state index contributed by atoms with van der Waals surface area (Å²) < 4.78 is 23.9. The molecule has 1 N–H and O–H groups in total. The number of sulfone groups is 1. The van der Waals surface area contributed by atoms with Crippen LogP contribution in [-0.2, 0) is 21.1 Å². The third kappa shape index (κ3) is 3.56. The summed E-state index contributed by atoms with van der Waals surface area (Å²) in [5.41, 5.74) is 1.22. The van der Waals surface area contributed by atoms with Gasteiger partial charge >= 0.3 is 5.97 Å². The van der Waals surface area contributed by atoms with Crippen molar-refractivity contribution in [1.29, 1.82) is 0 Å². The Morgan fingerprint density at radius 3 is 2.53 bits per heavy atom. The molecular weight excluding hydrogens is 240 g/mol. The average Bonchev–Trinajstić information content (AvgIpc) is 2.15. The van der Waals surface area contributed by atoms with E-state index in [1.807, 2.05) is 6.92 Å². The smallest absolute Gasteiger partial charge is 0.307 e. The van der Waals surface area contributed by atoms with Crippen molar-refractivity contribution in [1.82, 2.24) is 0 Å². The van der Waals surface area contributed by atoms with Gasteiger partial charge in [-0.05, 0) is 25.0 Å². The zero-order valence-corrected chi connectivity index (χ0v) is 10.8. The van der Waals surface area contributed by atoms with Crippen LogP contribution in [0.3, 0.4) is 0 Å². The molecular formula is C12H16O4S. The molecule has 5 heteroatoms. The largest absolute Gasteiger partial charge is 0.481 e. The van der Waals surface area contributed by atoms with Crippen LogP contribution < -0.4 is 0 Å². The Labute approximate surface area is 101 Å². The zero-order valence-electron chi connectivity index (χ0n) is 9.93. The minimum atomic E-state index is -3.37. The highest BCUT2D eigenvalue weighted by atomic mass is 32.2. The molecule has 0 radical (unpaired) electrons. The molecule has 0 aromatic heterocycles. The normalized spacial score (nSPS) is 11.4. The summed E-state index contributed by atoms with van der Waals surface area (Å²) in [7, 11) is -3.37. The molecule has 17 heavy (non-hydrogen) atoms. The summed E-state index contributed by atoms with van der Waals surface area (Å²) in [5, 5.41) is 8.78. The van der Waals surface area contributed by atoms with Gasteiger partial charge in [-0.3, -0.25) is 4.79 Å². The van der Waals surface area contributed by atoms with Gasteiger partial charge in [-0.1, -0.05) is 24.6 Å². The number of hydrogen-bond donors (Lipinski definition) is 1. The topological polar surface area (TPSA) is 71.4 Å². The van der Waals surface area contributed by atoms with Gasteiger partial charge in [0.25, 0.3) is 0 Å². The van der Waals surface area contributed by atoms with E-state index in [-0.39, 0.29) is 17.1 Å². The van der Waals surface area contributed by atoms with Gasteiger partial charge in [-0.2, -0.15) is 0 Å². The van der Waals surface area contributed by atoms with E-state index in [0.717, 1.165) is 5.56 Å². The molecule has 1 aromatic rings. The fourth-order valence-electron chi connectivity index (χ4n) is 1.69. The van der Waals surface area contributed by atoms with Crippen molar-refractivity contribution in [3.8, 4) is 0 Å². The van der Waals surface area contributed by atoms with Crippen LogP contribution in [0.25, 0.3) is 0 Å². The average molecular weight is 256 g/mol. The van der Waals surface area contributed by atoms with Crippen LogP contribution in [0.1, 0.15) is 24.5 Å². The van der Waals surface area contributed by atoms with Crippen molar-refractivity contribution in [3.63, 3.8) is 0 Å². The Morgan fingerprint density at radius 2 is 2.00 bits per heavy atom. The lowest BCUT2D eigenvalue weighted by Gasteiger charge is -2.09. The maximum atomic E-state index is 12.0. The van der Waals surface area contributed by atoms with E-state index < -0.39 is 15.8 Å². The number of benzene rings is 1. The summed E-state index contributed by atoms with van der Waals surface area (Å²) in [6, 6.07) is 4.81. The Bertz CT molecular complexity index is 517. The molecule has 0 aliphatic carbocycles. The molecule has 0 unspecified atom stereocenters. The highest BCUT2D eigenvalue weighted by molar-refractivity contribution is 7.91. The van der Waals surface area contributed by atoms with E-state index in [0.29, 0.717) is 12.0 Å². The van der Waals surface area contributed by atoms with Crippen LogP contribution in [0.5, 0.6) is 0 Å². The van der Waals surface area contributed by atoms with Gasteiger partial charge in [0.05, 0.1) is 17.1 Å². The summed E-state index contributed by atoms with van der Waals surface area (Å²) in [4.78, 5) is 10.9. The molecule has 0 amide bonds. The number of aliphatic carboxylic acids is 1.